The first-order valence-electron chi connectivity index (χ1n) is 5.47. The maximum absolute atomic E-state index is 13.7. The van der Waals surface area contributed by atoms with E-state index in [2.05, 4.69) is 5.10 Å². The predicted octanol–water partition coefficient (Wildman–Crippen LogP) is 3.22. The van der Waals surface area contributed by atoms with E-state index in [0.717, 1.165) is 10.7 Å². The molecule has 1 aromatic carbocycles. The van der Waals surface area contributed by atoms with Crippen LogP contribution in [0.2, 0.25) is 0 Å². The third-order valence-corrected chi connectivity index (χ3v) is 3.65. The summed E-state index contributed by atoms with van der Waals surface area (Å²) in [7, 11) is 1.82. The van der Waals surface area contributed by atoms with Crippen LogP contribution in [0.3, 0.4) is 0 Å². The van der Waals surface area contributed by atoms with Gasteiger partial charge in [-0.1, -0.05) is 17.8 Å². The molecule has 0 aliphatic carbocycles. The third-order valence-electron chi connectivity index (χ3n) is 2.50. The van der Waals surface area contributed by atoms with Gasteiger partial charge in [0.2, 0.25) is 0 Å². The lowest BCUT2D eigenvalue weighted by Crippen LogP contribution is -2.00. The molecule has 2 aromatic rings. The fourth-order valence-corrected chi connectivity index (χ4v) is 2.84. The molecule has 3 nitrogen and oxygen atoms in total. The molecule has 18 heavy (non-hydrogen) atoms. The number of hydrogen-bond acceptors (Lipinski definition) is 3. The van der Waals surface area contributed by atoms with Gasteiger partial charge in [0.1, 0.15) is 5.82 Å². The zero-order valence-corrected chi connectivity index (χ0v) is 11.2. The number of halogens is 1. The number of ketones is 1. The Kier molecular flexibility index (Phi) is 3.52. The first kappa shape index (κ1) is 12.8. The minimum atomic E-state index is -0.480. The smallest absolute Gasteiger partial charge is 0.163 e. The Morgan fingerprint density at radius 3 is 2.72 bits per heavy atom. The number of benzene rings is 1. The van der Waals surface area contributed by atoms with Gasteiger partial charge < -0.3 is 0 Å². The van der Waals surface area contributed by atoms with Crippen molar-refractivity contribution in [1.82, 2.24) is 9.78 Å². The van der Waals surface area contributed by atoms with E-state index < -0.39 is 5.82 Å². The topological polar surface area (TPSA) is 34.9 Å². The molecule has 5 heteroatoms. The number of aromatic nitrogens is 2. The van der Waals surface area contributed by atoms with Crippen molar-refractivity contribution in [3.8, 4) is 0 Å². The van der Waals surface area contributed by atoms with Crippen LogP contribution >= 0.6 is 11.8 Å². The van der Waals surface area contributed by atoms with Gasteiger partial charge in [-0.3, -0.25) is 9.48 Å². The Morgan fingerprint density at radius 2 is 2.17 bits per heavy atom. The van der Waals surface area contributed by atoms with E-state index in [-0.39, 0.29) is 11.3 Å². The second-order valence-electron chi connectivity index (χ2n) is 4.02. The molecule has 0 aliphatic rings. The fourth-order valence-electron chi connectivity index (χ4n) is 1.73. The van der Waals surface area contributed by atoms with Crippen molar-refractivity contribution >= 4 is 17.5 Å². The lowest BCUT2D eigenvalue weighted by Gasteiger charge is -2.07. The number of nitrogens with zero attached hydrogens (tertiary/aromatic N) is 2. The number of carbonyl (C=O) groups excluding carboxylic acids is 1. The summed E-state index contributed by atoms with van der Waals surface area (Å²) in [4.78, 5) is 12.1. The highest BCUT2D eigenvalue weighted by molar-refractivity contribution is 7.99. The Hall–Kier alpha value is -1.62. The fraction of sp³-hybridized carbons (Fsp3) is 0.231. The standard InChI is InChI=1S/C13H13FN2OS/c1-8-7-12(16(3)15-8)18-11-6-4-5-10(14)13(11)9(2)17/h4-7H,1-3H3. The van der Waals surface area contributed by atoms with Crippen molar-refractivity contribution in [3.05, 3.63) is 41.3 Å². The lowest BCUT2D eigenvalue weighted by molar-refractivity contribution is 0.101. The SMILES string of the molecule is CC(=O)c1c(F)cccc1Sc1cc(C)nn1C. The van der Waals surface area contributed by atoms with E-state index in [1.807, 2.05) is 20.0 Å². The van der Waals surface area contributed by atoms with Crippen LogP contribution in [0.1, 0.15) is 23.0 Å². The Balaban J connectivity index is 2.43. The van der Waals surface area contributed by atoms with Crippen molar-refractivity contribution in [2.45, 2.75) is 23.8 Å². The normalized spacial score (nSPS) is 10.7. The van der Waals surface area contributed by atoms with E-state index in [4.69, 9.17) is 0 Å². The van der Waals surface area contributed by atoms with Gasteiger partial charge in [0.05, 0.1) is 16.3 Å². The molecule has 1 heterocycles. The first-order chi connectivity index (χ1) is 8.49. The quantitative estimate of drug-likeness (QED) is 0.798. The van der Waals surface area contributed by atoms with Crippen molar-refractivity contribution in [2.24, 2.45) is 7.05 Å². The van der Waals surface area contributed by atoms with Gasteiger partial charge in [-0.15, -0.1) is 0 Å². The maximum atomic E-state index is 13.7. The minimum absolute atomic E-state index is 0.140. The third kappa shape index (κ3) is 2.46. The van der Waals surface area contributed by atoms with Crippen LogP contribution in [0.15, 0.2) is 34.2 Å². The Labute approximate surface area is 109 Å². The van der Waals surface area contributed by atoms with Crippen LogP contribution in [0, 0.1) is 12.7 Å². The summed E-state index contributed by atoms with van der Waals surface area (Å²) < 4.78 is 15.4. The molecular formula is C13H13FN2OS. The Bertz CT molecular complexity index is 607. The van der Waals surface area contributed by atoms with Gasteiger partial charge >= 0.3 is 0 Å². The van der Waals surface area contributed by atoms with Gasteiger partial charge in [0.15, 0.2) is 5.78 Å². The van der Waals surface area contributed by atoms with Gasteiger partial charge in [0.25, 0.3) is 0 Å². The average molecular weight is 264 g/mol. The molecule has 0 saturated carbocycles. The van der Waals surface area contributed by atoms with Crippen LogP contribution in [0.4, 0.5) is 4.39 Å². The van der Waals surface area contributed by atoms with Gasteiger partial charge in [-0.2, -0.15) is 5.10 Å². The summed E-state index contributed by atoms with van der Waals surface area (Å²) in [5.74, 6) is -0.749. The van der Waals surface area contributed by atoms with Crippen LogP contribution in [-0.2, 0) is 7.05 Å². The van der Waals surface area contributed by atoms with Gasteiger partial charge in [-0.05, 0) is 32.0 Å². The number of aryl methyl sites for hydroxylation is 2. The van der Waals surface area contributed by atoms with Crippen LogP contribution < -0.4 is 0 Å². The van der Waals surface area contributed by atoms with E-state index in [1.54, 1.807) is 16.8 Å². The molecule has 0 N–H and O–H groups in total. The molecule has 1 aromatic heterocycles. The van der Waals surface area contributed by atoms with E-state index in [0.29, 0.717) is 4.90 Å². The summed E-state index contributed by atoms with van der Waals surface area (Å²) >= 11 is 1.34. The minimum Gasteiger partial charge on any atom is -0.294 e. The molecule has 0 bridgehead atoms. The maximum Gasteiger partial charge on any atom is 0.163 e. The van der Waals surface area contributed by atoms with Crippen molar-refractivity contribution in [1.29, 1.82) is 0 Å². The highest BCUT2D eigenvalue weighted by Gasteiger charge is 2.15. The molecule has 0 radical (unpaired) electrons. The van der Waals surface area contributed by atoms with Crippen LogP contribution in [0.25, 0.3) is 0 Å². The second kappa shape index (κ2) is 4.94. The van der Waals surface area contributed by atoms with Crippen molar-refractivity contribution in [2.75, 3.05) is 0 Å². The van der Waals surface area contributed by atoms with E-state index in [9.17, 15) is 9.18 Å². The molecule has 0 fully saturated rings. The van der Waals surface area contributed by atoms with Crippen LogP contribution in [0.5, 0.6) is 0 Å². The summed E-state index contributed by atoms with van der Waals surface area (Å²) in [6, 6.07) is 6.55. The monoisotopic (exact) mass is 264 g/mol. The van der Waals surface area contributed by atoms with E-state index in [1.165, 1.54) is 24.8 Å². The lowest BCUT2D eigenvalue weighted by atomic mass is 10.1. The van der Waals surface area contributed by atoms with E-state index >= 15 is 0 Å². The van der Waals surface area contributed by atoms with Crippen molar-refractivity contribution < 1.29 is 9.18 Å². The molecule has 2 rings (SSSR count). The number of rotatable bonds is 3. The molecular weight excluding hydrogens is 251 g/mol. The molecule has 0 atom stereocenters. The zero-order valence-electron chi connectivity index (χ0n) is 10.4. The highest BCUT2D eigenvalue weighted by Crippen LogP contribution is 2.32. The molecule has 0 unspecified atom stereocenters. The molecule has 0 spiro atoms. The van der Waals surface area contributed by atoms with Gasteiger partial charge in [-0.25, -0.2) is 4.39 Å². The molecule has 94 valence electrons. The molecule has 0 aliphatic heterocycles. The van der Waals surface area contributed by atoms with Crippen LogP contribution in [-0.4, -0.2) is 15.6 Å². The number of hydrogen-bond donors (Lipinski definition) is 0. The number of Topliss-reactive ketones (excluding diaryl/α,β-unsaturated/α-hetero) is 1. The summed E-state index contributed by atoms with van der Waals surface area (Å²) in [6.45, 7) is 3.26. The molecule has 0 amide bonds. The summed E-state index contributed by atoms with van der Waals surface area (Å²) in [6.07, 6.45) is 0. The highest BCUT2D eigenvalue weighted by atomic mass is 32.2. The zero-order chi connectivity index (χ0) is 13.3. The second-order valence-corrected chi connectivity index (χ2v) is 5.08. The molecule has 0 saturated heterocycles. The average Bonchev–Trinajstić information content (AvgIpc) is 2.57. The first-order valence-corrected chi connectivity index (χ1v) is 6.28. The number of carbonyl (C=O) groups is 1. The summed E-state index contributed by atoms with van der Waals surface area (Å²) in [5.41, 5.74) is 1.03. The summed E-state index contributed by atoms with van der Waals surface area (Å²) in [5, 5.41) is 5.10. The Morgan fingerprint density at radius 1 is 1.44 bits per heavy atom. The van der Waals surface area contributed by atoms with Gasteiger partial charge in [0, 0.05) is 11.9 Å². The van der Waals surface area contributed by atoms with Crippen molar-refractivity contribution in [3.63, 3.8) is 0 Å². The largest absolute Gasteiger partial charge is 0.294 e. The predicted molar refractivity (Wildman–Crippen MR) is 68.5 cm³/mol.